The molecule has 0 N–H and O–H groups in total. The van der Waals surface area contributed by atoms with Gasteiger partial charge in [-0.25, -0.2) is 0 Å². The average Bonchev–Trinajstić information content (AvgIpc) is 2.97. The summed E-state index contributed by atoms with van der Waals surface area (Å²) in [5.74, 6) is -1.32. The SMILES string of the molecule is COc1cc(C)cc(C(C(=O)N2CCC(C)(CC3CCN(c4ccc(C(=O)N(C)C)c(C)c4)CC3)CC2)C(F)(F)OC)c1. The Morgan fingerprint density at radius 3 is 2.23 bits per heavy atom. The molecule has 43 heavy (non-hydrogen) atoms. The topological polar surface area (TPSA) is 62.3 Å². The minimum Gasteiger partial charge on any atom is -0.497 e. The lowest BCUT2D eigenvalue weighted by Crippen LogP contribution is -2.48. The lowest BCUT2D eigenvalue weighted by molar-refractivity contribution is -0.238. The molecule has 0 saturated carbocycles. The van der Waals surface area contributed by atoms with Crippen molar-refractivity contribution >= 4 is 17.5 Å². The predicted octanol–water partition coefficient (Wildman–Crippen LogP) is 6.27. The second kappa shape index (κ2) is 13.2. The normalized spacial score (nSPS) is 18.3. The summed E-state index contributed by atoms with van der Waals surface area (Å²) in [6.45, 7) is 8.87. The van der Waals surface area contributed by atoms with Crippen LogP contribution >= 0.6 is 0 Å². The molecule has 2 saturated heterocycles. The first-order valence-corrected chi connectivity index (χ1v) is 15.2. The number of likely N-dealkylation sites (tertiary alicyclic amines) is 1. The Morgan fingerprint density at radius 2 is 1.67 bits per heavy atom. The van der Waals surface area contributed by atoms with Crippen molar-refractivity contribution in [2.24, 2.45) is 11.3 Å². The summed E-state index contributed by atoms with van der Waals surface area (Å²) >= 11 is 0. The number of hydrogen-bond acceptors (Lipinski definition) is 5. The van der Waals surface area contributed by atoms with Crippen LogP contribution in [0.15, 0.2) is 36.4 Å². The van der Waals surface area contributed by atoms with Crippen LogP contribution in [0.1, 0.15) is 72.0 Å². The fourth-order valence-electron chi connectivity index (χ4n) is 6.73. The molecular weight excluding hydrogens is 552 g/mol. The highest BCUT2D eigenvalue weighted by Crippen LogP contribution is 2.43. The number of hydrogen-bond donors (Lipinski definition) is 0. The van der Waals surface area contributed by atoms with Crippen molar-refractivity contribution < 1.29 is 27.8 Å². The Labute approximate surface area is 255 Å². The van der Waals surface area contributed by atoms with Crippen LogP contribution in [-0.2, 0) is 9.53 Å². The molecule has 0 aromatic heterocycles. The van der Waals surface area contributed by atoms with Crippen molar-refractivity contribution in [1.29, 1.82) is 0 Å². The smallest absolute Gasteiger partial charge is 0.371 e. The third-order valence-corrected chi connectivity index (χ3v) is 9.39. The number of rotatable bonds is 9. The van der Waals surface area contributed by atoms with Gasteiger partial charge in [-0.15, -0.1) is 0 Å². The van der Waals surface area contributed by atoms with E-state index >= 15 is 8.78 Å². The number of methoxy groups -OCH3 is 2. The van der Waals surface area contributed by atoms with Crippen LogP contribution in [0.4, 0.5) is 14.5 Å². The number of aryl methyl sites for hydroxylation is 2. The number of carbonyl (C=O) groups is 2. The molecule has 2 fully saturated rings. The molecule has 1 atom stereocenters. The molecule has 2 heterocycles. The van der Waals surface area contributed by atoms with Gasteiger partial charge in [-0.05, 0) is 104 Å². The standard InChI is InChI=1S/C34H47F2N3O4/c1-23-18-26(21-28(19-23)42-6)30(34(35,36)43-7)32(41)39-16-12-33(3,13-17-39)22-25-10-14-38(15-11-25)27-8-9-29(24(2)20-27)31(40)37(4)5/h8-9,18-21,25,30H,10-17,22H2,1-7H3. The van der Waals surface area contributed by atoms with Gasteiger partial charge in [0, 0.05) is 58.6 Å². The molecule has 2 aliphatic rings. The third kappa shape index (κ3) is 7.48. The molecule has 2 aromatic carbocycles. The highest BCUT2D eigenvalue weighted by atomic mass is 19.3. The summed E-state index contributed by atoms with van der Waals surface area (Å²) < 4.78 is 40.0. The summed E-state index contributed by atoms with van der Waals surface area (Å²) in [7, 11) is 5.95. The van der Waals surface area contributed by atoms with Crippen molar-refractivity contribution in [1.82, 2.24) is 9.80 Å². The second-order valence-corrected chi connectivity index (χ2v) is 13.0. The Bertz CT molecular complexity index is 1300. The predicted molar refractivity (Wildman–Crippen MR) is 165 cm³/mol. The van der Waals surface area contributed by atoms with Crippen LogP contribution in [0.2, 0.25) is 0 Å². The molecule has 0 bridgehead atoms. The summed E-state index contributed by atoms with van der Waals surface area (Å²) in [5.41, 5.74) is 3.86. The lowest BCUT2D eigenvalue weighted by Gasteiger charge is -2.44. The number of anilines is 1. The number of carbonyl (C=O) groups excluding carboxylic acids is 2. The van der Waals surface area contributed by atoms with E-state index in [0.717, 1.165) is 74.7 Å². The fourth-order valence-corrected chi connectivity index (χ4v) is 6.73. The maximum Gasteiger partial charge on any atom is 0.371 e. The highest BCUT2D eigenvalue weighted by Gasteiger charge is 2.49. The number of halogens is 2. The maximum absolute atomic E-state index is 15.1. The number of piperidine rings is 2. The number of alkyl halides is 2. The summed E-state index contributed by atoms with van der Waals surface area (Å²) in [5, 5.41) is 0. The monoisotopic (exact) mass is 599 g/mol. The average molecular weight is 600 g/mol. The summed E-state index contributed by atoms with van der Waals surface area (Å²) in [6, 6.07) is 10.9. The molecule has 0 aliphatic carbocycles. The van der Waals surface area contributed by atoms with E-state index in [1.165, 1.54) is 13.2 Å². The van der Waals surface area contributed by atoms with E-state index in [2.05, 4.69) is 22.6 Å². The van der Waals surface area contributed by atoms with E-state index in [4.69, 9.17) is 4.74 Å². The number of nitrogens with zero attached hydrogens (tertiary/aromatic N) is 3. The molecule has 0 radical (unpaired) electrons. The molecule has 236 valence electrons. The van der Waals surface area contributed by atoms with Gasteiger partial charge in [0.05, 0.1) is 7.11 Å². The number of benzene rings is 2. The van der Waals surface area contributed by atoms with Crippen LogP contribution in [0.5, 0.6) is 5.75 Å². The van der Waals surface area contributed by atoms with Crippen LogP contribution < -0.4 is 9.64 Å². The van der Waals surface area contributed by atoms with Crippen LogP contribution in [-0.4, -0.2) is 82.2 Å². The van der Waals surface area contributed by atoms with Crippen LogP contribution in [0.3, 0.4) is 0 Å². The zero-order valence-corrected chi connectivity index (χ0v) is 26.7. The van der Waals surface area contributed by atoms with Gasteiger partial charge in [-0.1, -0.05) is 13.0 Å². The minimum atomic E-state index is -3.65. The van der Waals surface area contributed by atoms with Crippen molar-refractivity contribution in [2.45, 2.75) is 64.9 Å². The highest BCUT2D eigenvalue weighted by molar-refractivity contribution is 5.95. The fraction of sp³-hybridized carbons (Fsp3) is 0.588. The molecule has 1 unspecified atom stereocenters. The Balaban J connectivity index is 1.35. The van der Waals surface area contributed by atoms with Crippen molar-refractivity contribution in [3.63, 3.8) is 0 Å². The molecule has 0 spiro atoms. The number of amides is 2. The minimum absolute atomic E-state index is 0.0158. The van der Waals surface area contributed by atoms with Gasteiger partial charge >= 0.3 is 6.11 Å². The Morgan fingerprint density at radius 1 is 1.02 bits per heavy atom. The molecule has 7 nitrogen and oxygen atoms in total. The van der Waals surface area contributed by atoms with E-state index in [0.29, 0.717) is 24.8 Å². The van der Waals surface area contributed by atoms with Crippen molar-refractivity contribution in [3.8, 4) is 5.75 Å². The first kappa shape index (κ1) is 32.7. The van der Waals surface area contributed by atoms with Crippen LogP contribution in [0.25, 0.3) is 0 Å². The molecule has 4 rings (SSSR count). The van der Waals surface area contributed by atoms with Crippen LogP contribution in [0, 0.1) is 25.2 Å². The van der Waals surface area contributed by atoms with Gasteiger partial charge in [-0.2, -0.15) is 8.78 Å². The summed E-state index contributed by atoms with van der Waals surface area (Å²) in [4.78, 5) is 31.6. The van der Waals surface area contributed by atoms with Crippen molar-refractivity contribution in [2.75, 3.05) is 59.4 Å². The van der Waals surface area contributed by atoms with Gasteiger partial charge in [0.25, 0.3) is 5.91 Å². The second-order valence-electron chi connectivity index (χ2n) is 13.0. The molecule has 2 aromatic rings. The first-order chi connectivity index (χ1) is 20.3. The van der Waals surface area contributed by atoms with Gasteiger partial charge in [-0.3, -0.25) is 9.59 Å². The summed E-state index contributed by atoms with van der Waals surface area (Å²) in [6.07, 6.45) is 1.13. The van der Waals surface area contributed by atoms with Crippen molar-refractivity contribution in [3.05, 3.63) is 58.7 Å². The van der Waals surface area contributed by atoms with Gasteiger partial charge in [0.2, 0.25) is 5.91 Å². The van der Waals surface area contributed by atoms with Gasteiger partial charge in [0.15, 0.2) is 5.92 Å². The Kier molecular flexibility index (Phi) is 10.0. The molecule has 2 amide bonds. The third-order valence-electron chi connectivity index (χ3n) is 9.39. The Hall–Kier alpha value is -3.20. The molecular formula is C34H47F2N3O4. The largest absolute Gasteiger partial charge is 0.497 e. The first-order valence-electron chi connectivity index (χ1n) is 15.2. The van der Waals surface area contributed by atoms with Gasteiger partial charge in [0.1, 0.15) is 5.75 Å². The number of ether oxygens (including phenoxy) is 2. The van der Waals surface area contributed by atoms with E-state index in [1.54, 1.807) is 43.0 Å². The molecule has 9 heteroatoms. The van der Waals surface area contributed by atoms with E-state index in [1.807, 2.05) is 19.1 Å². The zero-order valence-electron chi connectivity index (χ0n) is 26.7. The van der Waals surface area contributed by atoms with Gasteiger partial charge < -0.3 is 24.2 Å². The zero-order chi connectivity index (χ0) is 31.5. The van der Waals surface area contributed by atoms with E-state index in [-0.39, 0.29) is 16.9 Å². The maximum atomic E-state index is 15.1. The quantitative estimate of drug-likeness (QED) is 0.340. The molecule has 2 aliphatic heterocycles. The lowest BCUT2D eigenvalue weighted by atomic mass is 9.71. The van der Waals surface area contributed by atoms with E-state index in [9.17, 15) is 9.59 Å². The van der Waals surface area contributed by atoms with E-state index < -0.39 is 17.9 Å².